The summed E-state index contributed by atoms with van der Waals surface area (Å²) in [4.78, 5) is 0. The van der Waals surface area contributed by atoms with Crippen molar-refractivity contribution in [3.8, 4) is 0 Å². The zero-order chi connectivity index (χ0) is 10.8. The van der Waals surface area contributed by atoms with Crippen LogP contribution in [0.15, 0.2) is 24.4 Å². The minimum absolute atomic E-state index is 0.143. The van der Waals surface area contributed by atoms with Crippen LogP contribution in [0, 0.1) is 11.6 Å². The Hall–Kier alpha value is -2.11. The van der Waals surface area contributed by atoms with Gasteiger partial charge >= 0.3 is 0 Å². The number of benzene rings is 1. The number of nitrogens with two attached hydrogens (primary N) is 1. The standard InChI is InChI=1S/C9H8F2N4/c10-5-1-2-7(6(11)3-5)14-8-4-13-15-9(8)12/h1-4,14H,(H3,12,13,15). The van der Waals surface area contributed by atoms with E-state index in [4.69, 9.17) is 5.73 Å². The van der Waals surface area contributed by atoms with Crippen molar-refractivity contribution < 1.29 is 8.78 Å². The Balaban J connectivity index is 2.29. The van der Waals surface area contributed by atoms with Crippen LogP contribution in [0.4, 0.5) is 26.0 Å². The normalized spacial score (nSPS) is 10.3. The summed E-state index contributed by atoms with van der Waals surface area (Å²) < 4.78 is 25.8. The van der Waals surface area contributed by atoms with Crippen LogP contribution in [0.25, 0.3) is 0 Å². The molecule has 1 aromatic carbocycles. The Kier molecular flexibility index (Phi) is 2.24. The van der Waals surface area contributed by atoms with E-state index in [-0.39, 0.29) is 5.69 Å². The van der Waals surface area contributed by atoms with Gasteiger partial charge in [-0.1, -0.05) is 0 Å². The van der Waals surface area contributed by atoms with Crippen LogP contribution in [0.3, 0.4) is 0 Å². The van der Waals surface area contributed by atoms with E-state index >= 15 is 0 Å². The van der Waals surface area contributed by atoms with E-state index in [0.29, 0.717) is 11.5 Å². The van der Waals surface area contributed by atoms with Crippen molar-refractivity contribution in [2.24, 2.45) is 0 Å². The lowest BCUT2D eigenvalue weighted by atomic mass is 10.3. The summed E-state index contributed by atoms with van der Waals surface area (Å²) in [6, 6.07) is 3.23. The van der Waals surface area contributed by atoms with Crippen LogP contribution in [-0.2, 0) is 0 Å². The highest BCUT2D eigenvalue weighted by molar-refractivity contribution is 5.68. The molecule has 0 amide bonds. The number of halogens is 2. The number of aromatic amines is 1. The van der Waals surface area contributed by atoms with Crippen molar-refractivity contribution in [1.29, 1.82) is 0 Å². The third kappa shape index (κ3) is 1.88. The molecule has 0 unspecified atom stereocenters. The summed E-state index contributed by atoms with van der Waals surface area (Å²) in [6.07, 6.45) is 1.41. The van der Waals surface area contributed by atoms with Gasteiger partial charge in [0, 0.05) is 6.07 Å². The van der Waals surface area contributed by atoms with Crippen LogP contribution in [-0.4, -0.2) is 10.2 Å². The molecule has 0 fully saturated rings. The lowest BCUT2D eigenvalue weighted by molar-refractivity contribution is 0.586. The molecule has 0 aliphatic carbocycles. The molecule has 0 saturated heterocycles. The first-order valence-corrected chi connectivity index (χ1v) is 4.18. The Labute approximate surface area is 84.1 Å². The molecule has 15 heavy (non-hydrogen) atoms. The van der Waals surface area contributed by atoms with Gasteiger partial charge in [-0.3, -0.25) is 5.10 Å². The number of nitrogen functional groups attached to an aromatic ring is 1. The first-order chi connectivity index (χ1) is 7.16. The van der Waals surface area contributed by atoms with Gasteiger partial charge in [0.05, 0.1) is 11.9 Å². The summed E-state index contributed by atoms with van der Waals surface area (Å²) >= 11 is 0. The molecular weight excluding hydrogens is 202 g/mol. The first kappa shape index (κ1) is 9.45. The summed E-state index contributed by atoms with van der Waals surface area (Å²) in [5.74, 6) is -1.02. The Morgan fingerprint density at radius 3 is 2.67 bits per heavy atom. The Bertz CT molecular complexity index is 481. The summed E-state index contributed by atoms with van der Waals surface area (Å²) in [5.41, 5.74) is 6.08. The molecule has 4 nitrogen and oxygen atoms in total. The lowest BCUT2D eigenvalue weighted by Gasteiger charge is -2.05. The molecule has 78 valence electrons. The monoisotopic (exact) mass is 210 g/mol. The van der Waals surface area contributed by atoms with Gasteiger partial charge < -0.3 is 11.1 Å². The van der Waals surface area contributed by atoms with Gasteiger partial charge in [-0.2, -0.15) is 5.10 Å². The fraction of sp³-hybridized carbons (Fsp3) is 0. The maximum absolute atomic E-state index is 13.2. The van der Waals surface area contributed by atoms with Crippen molar-refractivity contribution in [2.45, 2.75) is 0 Å². The maximum Gasteiger partial charge on any atom is 0.149 e. The number of rotatable bonds is 2. The molecule has 0 spiro atoms. The van der Waals surface area contributed by atoms with Gasteiger partial charge in [-0.15, -0.1) is 0 Å². The molecule has 0 bridgehead atoms. The molecule has 2 rings (SSSR count). The number of hydrogen-bond acceptors (Lipinski definition) is 3. The topological polar surface area (TPSA) is 66.7 Å². The molecule has 4 N–H and O–H groups in total. The predicted octanol–water partition coefficient (Wildman–Crippen LogP) is 2.01. The van der Waals surface area contributed by atoms with E-state index in [1.54, 1.807) is 0 Å². The molecule has 1 heterocycles. The average Bonchev–Trinajstić information content (AvgIpc) is 2.57. The van der Waals surface area contributed by atoms with Gasteiger partial charge in [0.25, 0.3) is 0 Å². The number of nitrogens with one attached hydrogen (secondary N) is 2. The first-order valence-electron chi connectivity index (χ1n) is 4.18. The third-order valence-electron chi connectivity index (χ3n) is 1.87. The number of anilines is 3. The molecule has 2 aromatic rings. The van der Waals surface area contributed by atoms with Crippen LogP contribution >= 0.6 is 0 Å². The van der Waals surface area contributed by atoms with Crippen LogP contribution in [0.1, 0.15) is 0 Å². The Morgan fingerprint density at radius 2 is 2.07 bits per heavy atom. The maximum atomic E-state index is 13.2. The zero-order valence-corrected chi connectivity index (χ0v) is 7.59. The van der Waals surface area contributed by atoms with E-state index in [2.05, 4.69) is 15.5 Å². The van der Waals surface area contributed by atoms with Crippen molar-refractivity contribution in [1.82, 2.24) is 10.2 Å². The Morgan fingerprint density at radius 1 is 1.27 bits per heavy atom. The third-order valence-corrected chi connectivity index (χ3v) is 1.87. The van der Waals surface area contributed by atoms with Crippen molar-refractivity contribution >= 4 is 17.2 Å². The van der Waals surface area contributed by atoms with Crippen LogP contribution in [0.5, 0.6) is 0 Å². The molecule has 6 heteroatoms. The molecule has 0 aliphatic rings. The quantitative estimate of drug-likeness (QED) is 0.710. The SMILES string of the molecule is Nc1[nH]ncc1Nc1ccc(F)cc1F. The van der Waals surface area contributed by atoms with Crippen LogP contribution < -0.4 is 11.1 Å². The van der Waals surface area contributed by atoms with Gasteiger partial charge in [0.15, 0.2) is 0 Å². The van der Waals surface area contributed by atoms with E-state index in [0.717, 1.165) is 12.1 Å². The predicted molar refractivity (Wildman–Crippen MR) is 52.6 cm³/mol. The van der Waals surface area contributed by atoms with Crippen LogP contribution in [0.2, 0.25) is 0 Å². The number of aromatic nitrogens is 2. The summed E-state index contributed by atoms with van der Waals surface area (Å²) in [7, 11) is 0. The summed E-state index contributed by atoms with van der Waals surface area (Å²) in [5, 5.41) is 8.83. The van der Waals surface area contributed by atoms with Crippen molar-refractivity contribution in [2.75, 3.05) is 11.1 Å². The molecular formula is C9H8F2N4. The molecule has 0 aliphatic heterocycles. The van der Waals surface area contributed by atoms with Gasteiger partial charge in [-0.25, -0.2) is 8.78 Å². The average molecular weight is 210 g/mol. The van der Waals surface area contributed by atoms with Gasteiger partial charge in [0.2, 0.25) is 0 Å². The summed E-state index contributed by atoms with van der Waals surface area (Å²) in [6.45, 7) is 0. The van der Waals surface area contributed by atoms with E-state index in [1.807, 2.05) is 0 Å². The van der Waals surface area contributed by atoms with E-state index in [1.165, 1.54) is 12.3 Å². The largest absolute Gasteiger partial charge is 0.382 e. The molecule has 1 aromatic heterocycles. The second-order valence-corrected chi connectivity index (χ2v) is 2.95. The molecule has 0 atom stereocenters. The number of H-pyrrole nitrogens is 1. The fourth-order valence-corrected chi connectivity index (χ4v) is 1.13. The highest BCUT2D eigenvalue weighted by Crippen LogP contribution is 2.23. The van der Waals surface area contributed by atoms with Crippen molar-refractivity contribution in [3.05, 3.63) is 36.0 Å². The number of hydrogen-bond donors (Lipinski definition) is 3. The highest BCUT2D eigenvalue weighted by Gasteiger charge is 2.06. The smallest absolute Gasteiger partial charge is 0.149 e. The highest BCUT2D eigenvalue weighted by atomic mass is 19.1. The van der Waals surface area contributed by atoms with Gasteiger partial charge in [-0.05, 0) is 12.1 Å². The van der Waals surface area contributed by atoms with Crippen molar-refractivity contribution in [3.63, 3.8) is 0 Å². The molecule has 0 saturated carbocycles. The lowest BCUT2D eigenvalue weighted by Crippen LogP contribution is -1.96. The fourth-order valence-electron chi connectivity index (χ4n) is 1.13. The molecule has 0 radical (unpaired) electrons. The second kappa shape index (κ2) is 3.56. The van der Waals surface area contributed by atoms with E-state index in [9.17, 15) is 8.78 Å². The van der Waals surface area contributed by atoms with Gasteiger partial charge in [0.1, 0.15) is 23.1 Å². The number of nitrogens with zero attached hydrogens (tertiary/aromatic N) is 1. The minimum Gasteiger partial charge on any atom is -0.382 e. The second-order valence-electron chi connectivity index (χ2n) is 2.95. The zero-order valence-electron chi connectivity index (χ0n) is 7.59. The minimum atomic E-state index is -0.685. The van der Waals surface area contributed by atoms with E-state index < -0.39 is 11.6 Å².